The van der Waals surface area contributed by atoms with E-state index in [2.05, 4.69) is 64.6 Å². The van der Waals surface area contributed by atoms with Gasteiger partial charge in [-0.15, -0.1) is 0 Å². The summed E-state index contributed by atoms with van der Waals surface area (Å²) >= 11 is 0. The van der Waals surface area contributed by atoms with E-state index in [9.17, 15) is 0 Å². The number of hydrogen-bond donors (Lipinski definition) is 0. The molecule has 0 bridgehead atoms. The predicted molar refractivity (Wildman–Crippen MR) is 93.0 cm³/mol. The molecule has 22 heavy (non-hydrogen) atoms. The molecule has 0 N–H and O–H groups in total. The fraction of sp³-hybridized carbons (Fsp3) is 0.500. The van der Waals surface area contributed by atoms with Crippen molar-refractivity contribution in [2.24, 2.45) is 10.8 Å². The van der Waals surface area contributed by atoms with Gasteiger partial charge in [-0.25, -0.2) is 10.1 Å². The van der Waals surface area contributed by atoms with Gasteiger partial charge in [0.15, 0.2) is 0 Å². The molecule has 2 nitrogen and oxygen atoms in total. The molecule has 1 rings (SSSR count). The Bertz CT molecular complexity index is 588. The van der Waals surface area contributed by atoms with Gasteiger partial charge in [0.1, 0.15) is 0 Å². The van der Waals surface area contributed by atoms with Crippen LogP contribution in [0.4, 0.5) is 0 Å². The number of nitrogens with zero attached hydrogens (tertiary/aromatic N) is 2. The van der Waals surface area contributed by atoms with Gasteiger partial charge in [-0.3, -0.25) is 0 Å². The van der Waals surface area contributed by atoms with Crippen molar-refractivity contribution in [3.63, 3.8) is 0 Å². The molecule has 0 unspecified atom stereocenters. The monoisotopic (exact) mass is 294 g/mol. The Morgan fingerprint density at radius 2 is 1.50 bits per heavy atom. The van der Waals surface area contributed by atoms with Gasteiger partial charge >= 0.3 is 0 Å². The zero-order chi connectivity index (χ0) is 17.0. The van der Waals surface area contributed by atoms with E-state index in [0.717, 1.165) is 18.4 Å². The third kappa shape index (κ3) is 6.59. The molecule has 116 valence electrons. The normalized spacial score (nSPS) is 12.6. The Morgan fingerprint density at radius 3 is 1.82 bits per heavy atom. The standard InChI is InChI=1S/C20H26N2/c1-19(2,3)12-16-8-15(11-18(14-21)22-7)9-17(10-16)13-20(4,5)6/h8-11H,12-13H2,1-6H3. The lowest BCUT2D eigenvalue weighted by Crippen LogP contribution is -2.12. The van der Waals surface area contributed by atoms with E-state index in [0.29, 0.717) is 0 Å². The van der Waals surface area contributed by atoms with Crippen molar-refractivity contribution in [2.75, 3.05) is 0 Å². The van der Waals surface area contributed by atoms with Gasteiger partial charge in [-0.1, -0.05) is 59.7 Å². The number of allylic oxidation sites excluding steroid dienone is 1. The SMILES string of the molecule is [C-]#[N+]C(C#N)=Cc1cc(CC(C)(C)C)cc(CC(C)(C)C)c1. The van der Waals surface area contributed by atoms with Gasteiger partial charge in [0.05, 0.1) is 12.6 Å². The fourth-order valence-corrected chi connectivity index (χ4v) is 2.55. The molecule has 0 radical (unpaired) electrons. The lowest BCUT2D eigenvalue weighted by Gasteiger charge is -2.22. The lowest BCUT2D eigenvalue weighted by atomic mass is 9.83. The summed E-state index contributed by atoms with van der Waals surface area (Å²) in [7, 11) is 0. The molecule has 0 aliphatic rings. The van der Waals surface area contributed by atoms with Crippen LogP contribution in [0.15, 0.2) is 23.9 Å². The van der Waals surface area contributed by atoms with Crippen LogP contribution >= 0.6 is 0 Å². The van der Waals surface area contributed by atoms with Gasteiger partial charge in [-0.05, 0) is 46.4 Å². The van der Waals surface area contributed by atoms with Crippen molar-refractivity contribution in [3.8, 4) is 6.07 Å². The molecule has 0 aliphatic carbocycles. The van der Waals surface area contributed by atoms with Gasteiger partial charge in [0, 0.05) is 0 Å². The van der Waals surface area contributed by atoms with Crippen molar-refractivity contribution in [1.29, 1.82) is 5.26 Å². The second kappa shape index (κ2) is 6.80. The highest BCUT2D eigenvalue weighted by atomic mass is 14.7. The summed E-state index contributed by atoms with van der Waals surface area (Å²) in [5.74, 6) is 0. The fourth-order valence-electron chi connectivity index (χ4n) is 2.55. The number of benzene rings is 1. The first-order chi connectivity index (χ1) is 10.0. The van der Waals surface area contributed by atoms with Crippen molar-refractivity contribution >= 4 is 6.08 Å². The molecular weight excluding hydrogens is 268 g/mol. The topological polar surface area (TPSA) is 28.1 Å². The summed E-state index contributed by atoms with van der Waals surface area (Å²) < 4.78 is 0. The molecule has 0 aromatic heterocycles. The molecular formula is C20H26N2. The quantitative estimate of drug-likeness (QED) is 0.523. The summed E-state index contributed by atoms with van der Waals surface area (Å²) in [6.07, 6.45) is 3.64. The average Bonchev–Trinajstić information content (AvgIpc) is 2.31. The van der Waals surface area contributed by atoms with Gasteiger partial charge in [0.2, 0.25) is 0 Å². The minimum Gasteiger partial charge on any atom is -0.227 e. The van der Waals surface area contributed by atoms with Crippen molar-refractivity contribution in [1.82, 2.24) is 0 Å². The zero-order valence-electron chi connectivity index (χ0n) is 14.6. The first-order valence-electron chi connectivity index (χ1n) is 7.64. The van der Waals surface area contributed by atoms with Crippen LogP contribution in [-0.4, -0.2) is 0 Å². The summed E-state index contributed by atoms with van der Waals surface area (Å²) in [4.78, 5) is 3.26. The van der Waals surface area contributed by atoms with Gasteiger partial charge in [-0.2, -0.15) is 0 Å². The van der Waals surface area contributed by atoms with Crippen LogP contribution in [-0.2, 0) is 12.8 Å². The Morgan fingerprint density at radius 1 is 1.05 bits per heavy atom. The molecule has 0 fully saturated rings. The van der Waals surface area contributed by atoms with Gasteiger partial charge < -0.3 is 0 Å². The summed E-state index contributed by atoms with van der Waals surface area (Å²) in [5.41, 5.74) is 4.03. The minimum atomic E-state index is 0.134. The van der Waals surface area contributed by atoms with Crippen LogP contribution < -0.4 is 0 Å². The van der Waals surface area contributed by atoms with Crippen LogP contribution in [0.2, 0.25) is 0 Å². The molecule has 0 saturated heterocycles. The van der Waals surface area contributed by atoms with Gasteiger partial charge in [0.25, 0.3) is 5.70 Å². The summed E-state index contributed by atoms with van der Waals surface area (Å²) in [5, 5.41) is 8.97. The Kier molecular flexibility index (Phi) is 5.56. The van der Waals surface area contributed by atoms with Crippen LogP contribution in [0, 0.1) is 28.7 Å². The van der Waals surface area contributed by atoms with E-state index in [1.807, 2.05) is 6.07 Å². The first-order valence-corrected chi connectivity index (χ1v) is 7.64. The number of nitriles is 1. The second-order valence-electron chi connectivity index (χ2n) is 8.31. The molecule has 1 aromatic rings. The van der Waals surface area contributed by atoms with Crippen LogP contribution in [0.25, 0.3) is 10.9 Å². The van der Waals surface area contributed by atoms with E-state index >= 15 is 0 Å². The van der Waals surface area contributed by atoms with E-state index in [1.165, 1.54) is 11.1 Å². The smallest absolute Gasteiger partial charge is 0.227 e. The maximum atomic E-state index is 8.97. The maximum Gasteiger partial charge on any atom is 0.262 e. The maximum absolute atomic E-state index is 8.97. The summed E-state index contributed by atoms with van der Waals surface area (Å²) in [6, 6.07) is 8.40. The Hall–Kier alpha value is -2.06. The molecule has 0 heterocycles. The van der Waals surface area contributed by atoms with Crippen molar-refractivity contribution < 1.29 is 0 Å². The van der Waals surface area contributed by atoms with Crippen LogP contribution in [0.5, 0.6) is 0 Å². The molecule has 0 atom stereocenters. The highest BCUT2D eigenvalue weighted by molar-refractivity contribution is 5.60. The molecule has 0 aliphatic heterocycles. The van der Waals surface area contributed by atoms with Crippen LogP contribution in [0.1, 0.15) is 58.2 Å². The number of rotatable bonds is 3. The van der Waals surface area contributed by atoms with E-state index in [-0.39, 0.29) is 16.5 Å². The Balaban J connectivity index is 3.30. The molecule has 0 spiro atoms. The zero-order valence-corrected chi connectivity index (χ0v) is 14.6. The minimum absolute atomic E-state index is 0.134. The van der Waals surface area contributed by atoms with Crippen molar-refractivity contribution in [3.05, 3.63) is 52.0 Å². The highest BCUT2D eigenvalue weighted by Crippen LogP contribution is 2.27. The average molecular weight is 294 g/mol. The first kappa shape index (κ1) is 18.0. The highest BCUT2D eigenvalue weighted by Gasteiger charge is 2.15. The molecule has 2 heteroatoms. The van der Waals surface area contributed by atoms with E-state index < -0.39 is 0 Å². The molecule has 0 saturated carbocycles. The predicted octanol–water partition coefficient (Wildman–Crippen LogP) is 5.65. The lowest BCUT2D eigenvalue weighted by molar-refractivity contribution is 0.405. The number of hydrogen-bond acceptors (Lipinski definition) is 1. The molecule has 1 aromatic carbocycles. The second-order valence-corrected chi connectivity index (χ2v) is 8.31. The third-order valence-electron chi connectivity index (χ3n) is 3.08. The Labute approximate surface area is 135 Å². The van der Waals surface area contributed by atoms with E-state index in [1.54, 1.807) is 6.08 Å². The molecule has 0 amide bonds. The third-order valence-corrected chi connectivity index (χ3v) is 3.08. The van der Waals surface area contributed by atoms with Crippen molar-refractivity contribution in [2.45, 2.75) is 54.4 Å². The van der Waals surface area contributed by atoms with Crippen LogP contribution in [0.3, 0.4) is 0 Å². The van der Waals surface area contributed by atoms with E-state index in [4.69, 9.17) is 11.8 Å². The summed E-state index contributed by atoms with van der Waals surface area (Å²) in [6.45, 7) is 20.4. The largest absolute Gasteiger partial charge is 0.262 e.